The van der Waals surface area contributed by atoms with Gasteiger partial charge in [0.05, 0.1) is 5.25 Å². The lowest BCUT2D eigenvalue weighted by Gasteiger charge is -2.37. The van der Waals surface area contributed by atoms with Crippen molar-refractivity contribution in [1.29, 1.82) is 0 Å². The molecule has 5 heteroatoms. The number of aromatic amines is 1. The normalized spacial score (nSPS) is 34.7. The molecule has 2 aliphatic rings. The maximum Gasteiger partial charge on any atom is 0.251 e. The summed E-state index contributed by atoms with van der Waals surface area (Å²) in [5.41, 5.74) is 0.560. The summed E-state index contributed by atoms with van der Waals surface area (Å²) in [4.78, 5) is 31.3. The van der Waals surface area contributed by atoms with Crippen LogP contribution in [0, 0.1) is 23.7 Å². The summed E-state index contributed by atoms with van der Waals surface area (Å²) in [7, 11) is 0. The van der Waals surface area contributed by atoms with E-state index in [1.54, 1.807) is 6.92 Å². The second-order valence-corrected chi connectivity index (χ2v) is 7.92. The highest BCUT2D eigenvalue weighted by atomic mass is 32.2. The molecule has 1 aromatic heterocycles. The molecule has 108 valence electrons. The van der Waals surface area contributed by atoms with Gasteiger partial charge in [0.15, 0.2) is 5.16 Å². The van der Waals surface area contributed by atoms with Gasteiger partial charge in [-0.1, -0.05) is 32.5 Å². The number of carbonyl (C=O) groups excluding carboxylic acids is 1. The Morgan fingerprint density at radius 3 is 2.60 bits per heavy atom. The van der Waals surface area contributed by atoms with Gasteiger partial charge in [-0.05, 0) is 30.6 Å². The van der Waals surface area contributed by atoms with Crippen LogP contribution in [-0.4, -0.2) is 21.0 Å². The fourth-order valence-corrected chi connectivity index (χ4v) is 5.44. The molecule has 2 fully saturated rings. The van der Waals surface area contributed by atoms with Crippen molar-refractivity contribution in [2.24, 2.45) is 16.7 Å². The zero-order valence-corrected chi connectivity index (χ0v) is 13.1. The van der Waals surface area contributed by atoms with Crippen LogP contribution in [0.4, 0.5) is 0 Å². The first-order valence-electron chi connectivity index (χ1n) is 7.04. The lowest BCUT2D eigenvalue weighted by atomic mass is 9.71. The number of hydrogen-bond donors (Lipinski definition) is 1. The van der Waals surface area contributed by atoms with Crippen LogP contribution in [0.5, 0.6) is 0 Å². The highest BCUT2D eigenvalue weighted by Crippen LogP contribution is 2.66. The van der Waals surface area contributed by atoms with E-state index in [1.807, 2.05) is 0 Å². The molecule has 0 radical (unpaired) electrons. The summed E-state index contributed by atoms with van der Waals surface area (Å²) in [5, 5.41) is 0.471. The number of carbonyl (C=O) groups is 1. The Kier molecular flexibility index (Phi) is 2.91. The van der Waals surface area contributed by atoms with Gasteiger partial charge in [0.1, 0.15) is 5.78 Å². The van der Waals surface area contributed by atoms with Crippen LogP contribution < -0.4 is 5.56 Å². The first-order chi connectivity index (χ1) is 9.25. The molecule has 0 saturated heterocycles. The molecule has 3 atom stereocenters. The van der Waals surface area contributed by atoms with Gasteiger partial charge >= 0.3 is 0 Å². The molecule has 0 aromatic carbocycles. The fourth-order valence-electron chi connectivity index (χ4n) is 3.90. The molecule has 4 nitrogen and oxygen atoms in total. The number of aryl methyl sites for hydroxylation is 1. The number of hydrogen-bond acceptors (Lipinski definition) is 4. The van der Waals surface area contributed by atoms with Crippen molar-refractivity contribution in [2.75, 3.05) is 0 Å². The monoisotopic (exact) mass is 292 g/mol. The van der Waals surface area contributed by atoms with Crippen molar-refractivity contribution >= 4 is 17.5 Å². The lowest BCUT2D eigenvalue weighted by molar-refractivity contribution is -0.122. The molecule has 3 rings (SSSR count). The minimum absolute atomic E-state index is 0.0122. The largest absolute Gasteiger partial charge is 0.301 e. The van der Waals surface area contributed by atoms with Crippen molar-refractivity contribution in [1.82, 2.24) is 9.97 Å². The van der Waals surface area contributed by atoms with E-state index < -0.39 is 0 Å². The third-order valence-corrected chi connectivity index (χ3v) is 6.96. The molecule has 0 aliphatic heterocycles. The quantitative estimate of drug-likeness (QED) is 0.851. The van der Waals surface area contributed by atoms with Crippen LogP contribution in [0.1, 0.15) is 39.3 Å². The fraction of sp³-hybridized carbons (Fsp3) is 0.667. The number of nitrogens with zero attached hydrogens (tertiary/aromatic N) is 1. The Labute approximate surface area is 122 Å². The number of aromatic nitrogens is 2. The van der Waals surface area contributed by atoms with Gasteiger partial charge in [0.2, 0.25) is 0 Å². The van der Waals surface area contributed by atoms with E-state index >= 15 is 0 Å². The summed E-state index contributed by atoms with van der Waals surface area (Å²) in [6.07, 6.45) is 2.07. The summed E-state index contributed by atoms with van der Waals surface area (Å²) in [6, 6.07) is 1.47. The van der Waals surface area contributed by atoms with Crippen molar-refractivity contribution in [3.8, 4) is 0 Å². The summed E-state index contributed by atoms with van der Waals surface area (Å²) in [6.45, 7) is 8.42. The average Bonchev–Trinajstić information content (AvgIpc) is 2.62. The van der Waals surface area contributed by atoms with Crippen molar-refractivity contribution in [3.63, 3.8) is 0 Å². The molecule has 0 spiro atoms. The highest BCUT2D eigenvalue weighted by molar-refractivity contribution is 8.00. The van der Waals surface area contributed by atoms with E-state index in [1.165, 1.54) is 17.8 Å². The molecule has 1 heterocycles. The Hall–Kier alpha value is -1.10. The van der Waals surface area contributed by atoms with Gasteiger partial charge in [-0.25, -0.2) is 4.98 Å². The van der Waals surface area contributed by atoms with Crippen molar-refractivity contribution < 1.29 is 4.79 Å². The van der Waals surface area contributed by atoms with E-state index in [-0.39, 0.29) is 27.6 Å². The third-order valence-electron chi connectivity index (χ3n) is 5.55. The Bertz CT molecular complexity index is 637. The molecule has 2 aliphatic carbocycles. The molecule has 20 heavy (non-hydrogen) atoms. The first-order valence-corrected chi connectivity index (χ1v) is 7.92. The zero-order chi connectivity index (χ0) is 14.7. The third kappa shape index (κ3) is 1.72. The number of Topliss-reactive ketones (excluding diaryl/α,β-unsaturated/α-hetero) is 1. The molecular weight excluding hydrogens is 272 g/mol. The van der Waals surface area contributed by atoms with E-state index in [2.05, 4.69) is 30.7 Å². The smallest absolute Gasteiger partial charge is 0.251 e. The molecule has 1 N–H and O–H groups in total. The lowest BCUT2D eigenvalue weighted by Crippen LogP contribution is -2.36. The zero-order valence-electron chi connectivity index (χ0n) is 12.3. The van der Waals surface area contributed by atoms with Crippen LogP contribution >= 0.6 is 11.8 Å². The van der Waals surface area contributed by atoms with E-state index in [0.29, 0.717) is 16.6 Å². The van der Waals surface area contributed by atoms with Crippen LogP contribution in [0.3, 0.4) is 0 Å². The van der Waals surface area contributed by atoms with Crippen LogP contribution in [0.25, 0.3) is 0 Å². The number of ketones is 1. The number of nitrogens with one attached hydrogen (secondary N) is 1. The number of fused-ring (bicyclic) bond motifs is 2. The standard InChI is InChI=1S/C15H20N2O2S/c1-8-7-10(18)17-13(16-8)20-12-11(19)9-5-6-15(12,4)14(9,2)3/h7,9,12H,5-6H2,1-4H3,(H,16,17,18)/t9-,12-,15-/m1/s1. The van der Waals surface area contributed by atoms with Crippen molar-refractivity contribution in [2.45, 2.75) is 50.9 Å². The van der Waals surface area contributed by atoms with E-state index in [9.17, 15) is 9.59 Å². The summed E-state index contributed by atoms with van der Waals surface area (Å²) < 4.78 is 0. The minimum Gasteiger partial charge on any atom is -0.301 e. The Balaban J connectivity index is 1.96. The Morgan fingerprint density at radius 1 is 1.35 bits per heavy atom. The van der Waals surface area contributed by atoms with Gasteiger partial charge in [-0.3, -0.25) is 9.59 Å². The first kappa shape index (κ1) is 13.9. The molecule has 2 saturated carbocycles. The number of rotatable bonds is 2. The summed E-state index contributed by atoms with van der Waals surface area (Å²) in [5.74, 6) is 0.486. The summed E-state index contributed by atoms with van der Waals surface area (Å²) >= 11 is 1.44. The van der Waals surface area contributed by atoms with Gasteiger partial charge in [-0.2, -0.15) is 0 Å². The second kappa shape index (κ2) is 4.20. The van der Waals surface area contributed by atoms with Crippen LogP contribution in [-0.2, 0) is 4.79 Å². The maximum absolute atomic E-state index is 12.6. The predicted octanol–water partition coefficient (Wildman–Crippen LogP) is 2.56. The average molecular weight is 292 g/mol. The number of thioether (sulfide) groups is 1. The van der Waals surface area contributed by atoms with Gasteiger partial charge in [0.25, 0.3) is 5.56 Å². The molecule has 1 aromatic rings. The predicted molar refractivity (Wildman–Crippen MR) is 78.9 cm³/mol. The second-order valence-electron chi connectivity index (χ2n) is 6.82. The molecule has 0 unspecified atom stereocenters. The number of H-pyrrole nitrogens is 1. The molecule has 0 amide bonds. The van der Waals surface area contributed by atoms with E-state index in [0.717, 1.165) is 12.8 Å². The maximum atomic E-state index is 12.6. The SMILES string of the molecule is Cc1cc(=O)[nH]c(S[C@@H]2C(=O)[C@H]3CC[C@@]2(C)C3(C)C)n1. The van der Waals surface area contributed by atoms with E-state index in [4.69, 9.17) is 0 Å². The highest BCUT2D eigenvalue weighted by Gasteiger charge is 2.66. The molecular formula is C15H20N2O2S. The Morgan fingerprint density at radius 2 is 2.05 bits per heavy atom. The van der Waals surface area contributed by atoms with Gasteiger partial charge < -0.3 is 4.98 Å². The van der Waals surface area contributed by atoms with Gasteiger partial charge in [-0.15, -0.1) is 0 Å². The van der Waals surface area contributed by atoms with Crippen LogP contribution in [0.2, 0.25) is 0 Å². The van der Waals surface area contributed by atoms with Crippen LogP contribution in [0.15, 0.2) is 16.0 Å². The minimum atomic E-state index is -0.153. The van der Waals surface area contributed by atoms with Crippen molar-refractivity contribution in [3.05, 3.63) is 22.1 Å². The van der Waals surface area contributed by atoms with Gasteiger partial charge in [0, 0.05) is 17.7 Å². The molecule has 2 bridgehead atoms. The topological polar surface area (TPSA) is 62.8 Å².